The van der Waals surface area contributed by atoms with Gasteiger partial charge in [0.25, 0.3) is 0 Å². The van der Waals surface area contributed by atoms with Crippen molar-refractivity contribution in [3.05, 3.63) is 60.7 Å². The van der Waals surface area contributed by atoms with Gasteiger partial charge in [0.15, 0.2) is 0 Å². The van der Waals surface area contributed by atoms with Gasteiger partial charge in [0.2, 0.25) is 0 Å². The summed E-state index contributed by atoms with van der Waals surface area (Å²) in [4.78, 5) is 0. The van der Waals surface area contributed by atoms with Gasteiger partial charge in [-0.3, -0.25) is 0 Å². The molecular formula is C18H22BNO. The maximum atomic E-state index is 6.29. The van der Waals surface area contributed by atoms with Crippen LogP contribution >= 0.6 is 0 Å². The Kier molecular flexibility index (Phi) is 5.09. The fourth-order valence-corrected chi connectivity index (χ4v) is 2.92. The largest absolute Gasteiger partial charge is 0.425 e. The Balaban J connectivity index is 1.73. The smallest absolute Gasteiger partial charge is 0.361 e. The molecule has 0 aliphatic carbocycles. The summed E-state index contributed by atoms with van der Waals surface area (Å²) in [5.41, 5.74) is 2.44. The summed E-state index contributed by atoms with van der Waals surface area (Å²) in [6.45, 7) is 1.92. The molecule has 2 nitrogen and oxygen atoms in total. The molecule has 0 bridgehead atoms. The van der Waals surface area contributed by atoms with Crippen LogP contribution in [0.1, 0.15) is 19.3 Å². The lowest BCUT2D eigenvalue weighted by molar-refractivity contribution is 0.246. The predicted molar refractivity (Wildman–Crippen MR) is 89.5 cm³/mol. The number of nitrogens with one attached hydrogen (secondary N) is 1. The molecule has 1 aliphatic heterocycles. The normalized spacial score (nSPS) is 18.4. The van der Waals surface area contributed by atoms with E-state index in [2.05, 4.69) is 53.8 Å². The summed E-state index contributed by atoms with van der Waals surface area (Å²) < 4.78 is 6.29. The first-order chi connectivity index (χ1) is 10.4. The molecule has 0 spiro atoms. The minimum absolute atomic E-state index is 0.0242. The van der Waals surface area contributed by atoms with Gasteiger partial charge < -0.3 is 9.97 Å². The predicted octanol–water partition coefficient (Wildman–Crippen LogP) is 1.95. The van der Waals surface area contributed by atoms with E-state index in [-0.39, 0.29) is 6.92 Å². The summed E-state index contributed by atoms with van der Waals surface area (Å²) in [6.07, 6.45) is 3.82. The Labute approximate surface area is 127 Å². The van der Waals surface area contributed by atoms with Gasteiger partial charge in [-0.05, 0) is 30.3 Å². The van der Waals surface area contributed by atoms with E-state index in [1.807, 2.05) is 12.1 Å². The van der Waals surface area contributed by atoms with Gasteiger partial charge in [-0.1, -0.05) is 67.1 Å². The second-order valence-corrected chi connectivity index (χ2v) is 5.68. The second kappa shape index (κ2) is 7.44. The van der Waals surface area contributed by atoms with E-state index in [4.69, 9.17) is 4.65 Å². The van der Waals surface area contributed by atoms with Crippen LogP contribution in [-0.4, -0.2) is 26.1 Å². The molecule has 0 amide bonds. The number of hydrogen-bond donors (Lipinski definition) is 1. The van der Waals surface area contributed by atoms with Crippen LogP contribution in [0.25, 0.3) is 0 Å². The van der Waals surface area contributed by atoms with E-state index in [0.717, 1.165) is 13.2 Å². The van der Waals surface area contributed by atoms with Crippen molar-refractivity contribution >= 4 is 17.8 Å². The molecule has 21 heavy (non-hydrogen) atoms. The number of rotatable bonds is 5. The fourth-order valence-electron chi connectivity index (χ4n) is 2.92. The molecule has 108 valence electrons. The van der Waals surface area contributed by atoms with E-state index in [1.165, 1.54) is 30.2 Å². The van der Waals surface area contributed by atoms with Crippen LogP contribution in [0, 0.1) is 0 Å². The standard InChI is InChI=1S/C18H22BNO/c1-3-9-16(10-4-1)19(17-11-5-2-6-12-17)21-15-18-13-7-8-14-20-18/h1-6,9-12,18,20H,7-8,13-15H2. The van der Waals surface area contributed by atoms with Crippen molar-refractivity contribution in [3.63, 3.8) is 0 Å². The van der Waals surface area contributed by atoms with Crippen LogP contribution in [-0.2, 0) is 4.65 Å². The average molecular weight is 279 g/mol. The first-order valence-corrected chi connectivity index (χ1v) is 7.88. The highest BCUT2D eigenvalue weighted by Crippen LogP contribution is 2.07. The lowest BCUT2D eigenvalue weighted by atomic mass is 9.55. The minimum atomic E-state index is 0.0242. The lowest BCUT2D eigenvalue weighted by Crippen LogP contribution is -2.48. The van der Waals surface area contributed by atoms with Gasteiger partial charge in [-0.25, -0.2) is 0 Å². The van der Waals surface area contributed by atoms with E-state index in [9.17, 15) is 0 Å². The number of hydrogen-bond acceptors (Lipinski definition) is 2. The zero-order chi connectivity index (χ0) is 14.3. The molecule has 0 aromatic heterocycles. The highest BCUT2D eigenvalue weighted by molar-refractivity contribution is 6.80. The molecule has 0 radical (unpaired) electrons. The van der Waals surface area contributed by atoms with E-state index in [1.54, 1.807) is 0 Å². The van der Waals surface area contributed by atoms with E-state index in [0.29, 0.717) is 6.04 Å². The van der Waals surface area contributed by atoms with Crippen molar-refractivity contribution in [1.82, 2.24) is 5.32 Å². The Morgan fingerprint density at radius 1 is 0.905 bits per heavy atom. The molecule has 1 atom stereocenters. The Morgan fingerprint density at radius 3 is 2.05 bits per heavy atom. The van der Waals surface area contributed by atoms with Gasteiger partial charge in [0.1, 0.15) is 0 Å². The highest BCUT2D eigenvalue weighted by atomic mass is 16.4. The molecular weight excluding hydrogens is 257 g/mol. The summed E-state index contributed by atoms with van der Waals surface area (Å²) in [7, 11) is 0. The Hall–Kier alpha value is -1.58. The quantitative estimate of drug-likeness (QED) is 0.845. The van der Waals surface area contributed by atoms with E-state index >= 15 is 0 Å². The topological polar surface area (TPSA) is 21.3 Å². The number of benzene rings is 2. The van der Waals surface area contributed by atoms with Gasteiger partial charge in [0.05, 0.1) is 0 Å². The molecule has 0 saturated carbocycles. The van der Waals surface area contributed by atoms with Gasteiger partial charge in [-0.15, -0.1) is 0 Å². The maximum absolute atomic E-state index is 6.29. The molecule has 1 heterocycles. The van der Waals surface area contributed by atoms with Gasteiger partial charge >= 0.3 is 6.92 Å². The molecule has 3 rings (SSSR count). The average Bonchev–Trinajstić information content (AvgIpc) is 2.58. The third-order valence-electron chi connectivity index (χ3n) is 4.08. The third kappa shape index (κ3) is 3.96. The lowest BCUT2D eigenvalue weighted by Gasteiger charge is -2.25. The summed E-state index contributed by atoms with van der Waals surface area (Å²) in [6, 6.07) is 21.5. The molecule has 1 unspecified atom stereocenters. The van der Waals surface area contributed by atoms with Crippen molar-refractivity contribution in [2.24, 2.45) is 0 Å². The molecule has 1 N–H and O–H groups in total. The van der Waals surface area contributed by atoms with Crippen LogP contribution in [0.5, 0.6) is 0 Å². The van der Waals surface area contributed by atoms with Gasteiger partial charge in [-0.2, -0.15) is 0 Å². The summed E-state index contributed by atoms with van der Waals surface area (Å²) in [5, 5.41) is 3.55. The molecule has 2 aromatic carbocycles. The van der Waals surface area contributed by atoms with Crippen molar-refractivity contribution in [3.8, 4) is 0 Å². The van der Waals surface area contributed by atoms with Crippen molar-refractivity contribution in [2.45, 2.75) is 25.3 Å². The van der Waals surface area contributed by atoms with Crippen molar-refractivity contribution in [1.29, 1.82) is 0 Å². The van der Waals surface area contributed by atoms with Crippen LogP contribution < -0.4 is 16.2 Å². The van der Waals surface area contributed by atoms with E-state index < -0.39 is 0 Å². The first-order valence-electron chi connectivity index (χ1n) is 7.88. The molecule has 1 aliphatic rings. The minimum Gasteiger partial charge on any atom is -0.425 e. The molecule has 2 aromatic rings. The first kappa shape index (κ1) is 14.4. The Bertz CT molecular complexity index is 486. The highest BCUT2D eigenvalue weighted by Gasteiger charge is 2.23. The molecule has 3 heteroatoms. The third-order valence-corrected chi connectivity index (χ3v) is 4.08. The van der Waals surface area contributed by atoms with Crippen LogP contribution in [0.2, 0.25) is 0 Å². The molecule has 1 fully saturated rings. The van der Waals surface area contributed by atoms with Crippen molar-refractivity contribution < 1.29 is 4.65 Å². The summed E-state index contributed by atoms with van der Waals surface area (Å²) in [5.74, 6) is 0. The van der Waals surface area contributed by atoms with Crippen LogP contribution in [0.15, 0.2) is 60.7 Å². The monoisotopic (exact) mass is 279 g/mol. The molecule has 1 saturated heterocycles. The Morgan fingerprint density at radius 2 is 1.52 bits per heavy atom. The van der Waals surface area contributed by atoms with Crippen LogP contribution in [0.4, 0.5) is 0 Å². The summed E-state index contributed by atoms with van der Waals surface area (Å²) >= 11 is 0. The van der Waals surface area contributed by atoms with Crippen molar-refractivity contribution in [2.75, 3.05) is 13.2 Å². The second-order valence-electron chi connectivity index (χ2n) is 5.68. The fraction of sp³-hybridized carbons (Fsp3) is 0.333. The number of piperidine rings is 1. The zero-order valence-corrected chi connectivity index (χ0v) is 12.4. The van der Waals surface area contributed by atoms with Crippen LogP contribution in [0.3, 0.4) is 0 Å². The van der Waals surface area contributed by atoms with Gasteiger partial charge in [0, 0.05) is 12.6 Å². The maximum Gasteiger partial charge on any atom is 0.361 e. The zero-order valence-electron chi connectivity index (χ0n) is 12.4. The SMILES string of the molecule is c1ccc(B(OCC2CCCCN2)c2ccccc2)cc1.